The van der Waals surface area contributed by atoms with Crippen molar-refractivity contribution in [1.82, 2.24) is 4.98 Å². The Kier molecular flexibility index (Phi) is 5.91. The fraction of sp³-hybridized carbons (Fsp3) is 0.111. The van der Waals surface area contributed by atoms with E-state index in [0.717, 1.165) is 21.2 Å². The average Bonchev–Trinajstić information content (AvgIpc) is 3.03. The Morgan fingerprint density at radius 2 is 1.88 bits per heavy atom. The van der Waals surface area contributed by atoms with Crippen molar-refractivity contribution in [3.63, 3.8) is 0 Å². The highest BCUT2D eigenvalue weighted by Crippen LogP contribution is 2.23. The molecule has 0 saturated heterocycles. The molecule has 1 aromatic heterocycles. The summed E-state index contributed by atoms with van der Waals surface area (Å²) < 4.78 is 0. The molecule has 3 rings (SSSR count). The maximum absolute atomic E-state index is 12.0. The predicted molar refractivity (Wildman–Crippen MR) is 102 cm³/mol. The molecule has 0 aliphatic rings. The molecule has 0 radical (unpaired) electrons. The van der Waals surface area contributed by atoms with Gasteiger partial charge in [-0.3, -0.25) is 4.79 Å². The minimum absolute atomic E-state index is 0.0451. The van der Waals surface area contributed by atoms with Crippen molar-refractivity contribution in [3.05, 3.63) is 76.3 Å². The fourth-order valence-electron chi connectivity index (χ4n) is 2.07. The standard InChI is InChI=1S/C18H15ClN2OS2/c19-14-8-6-13(7-9-14)10-16-11-20-18(24-16)21-17(22)12-23-15-4-2-1-3-5-15/h1-9,11H,10,12H2,(H,20,21,22). The van der Waals surface area contributed by atoms with Crippen LogP contribution in [-0.2, 0) is 11.2 Å². The number of rotatable bonds is 6. The highest BCUT2D eigenvalue weighted by atomic mass is 35.5. The summed E-state index contributed by atoms with van der Waals surface area (Å²) >= 11 is 8.90. The number of halogens is 1. The minimum Gasteiger partial charge on any atom is -0.301 e. The number of carbonyl (C=O) groups is 1. The van der Waals surface area contributed by atoms with Gasteiger partial charge in [0.2, 0.25) is 5.91 Å². The van der Waals surface area contributed by atoms with Crippen molar-refractivity contribution in [2.75, 3.05) is 11.1 Å². The molecule has 0 fully saturated rings. The molecule has 3 nitrogen and oxygen atoms in total. The lowest BCUT2D eigenvalue weighted by Crippen LogP contribution is -2.13. The Morgan fingerprint density at radius 3 is 2.62 bits per heavy atom. The Balaban J connectivity index is 1.51. The van der Waals surface area contributed by atoms with Crippen LogP contribution >= 0.6 is 34.7 Å². The van der Waals surface area contributed by atoms with Crippen LogP contribution in [0.2, 0.25) is 5.02 Å². The number of hydrogen-bond acceptors (Lipinski definition) is 4. The van der Waals surface area contributed by atoms with Crippen LogP contribution in [0.25, 0.3) is 0 Å². The molecule has 3 aromatic rings. The number of thiazole rings is 1. The Hall–Kier alpha value is -1.82. The van der Waals surface area contributed by atoms with Gasteiger partial charge in [-0.2, -0.15) is 0 Å². The zero-order chi connectivity index (χ0) is 16.8. The van der Waals surface area contributed by atoms with Gasteiger partial charge in [-0.05, 0) is 29.8 Å². The molecule has 0 atom stereocenters. The van der Waals surface area contributed by atoms with Crippen molar-refractivity contribution in [3.8, 4) is 0 Å². The van der Waals surface area contributed by atoms with E-state index in [0.29, 0.717) is 10.9 Å². The molecule has 0 spiro atoms. The molecule has 1 heterocycles. The van der Waals surface area contributed by atoms with Gasteiger partial charge < -0.3 is 5.32 Å². The van der Waals surface area contributed by atoms with Gasteiger partial charge in [0, 0.05) is 27.4 Å². The monoisotopic (exact) mass is 374 g/mol. The summed E-state index contributed by atoms with van der Waals surface area (Å²) in [7, 11) is 0. The quantitative estimate of drug-likeness (QED) is 0.609. The van der Waals surface area contributed by atoms with E-state index in [1.54, 1.807) is 6.20 Å². The highest BCUT2D eigenvalue weighted by Gasteiger charge is 2.08. The number of benzene rings is 2. The topological polar surface area (TPSA) is 42.0 Å². The lowest BCUT2D eigenvalue weighted by Gasteiger charge is -2.02. The molecule has 2 aromatic carbocycles. The van der Waals surface area contributed by atoms with E-state index >= 15 is 0 Å². The maximum Gasteiger partial charge on any atom is 0.236 e. The number of nitrogens with one attached hydrogen (secondary N) is 1. The van der Waals surface area contributed by atoms with E-state index in [-0.39, 0.29) is 5.91 Å². The van der Waals surface area contributed by atoms with E-state index in [1.807, 2.05) is 54.6 Å². The Labute approximate surface area is 154 Å². The zero-order valence-electron chi connectivity index (χ0n) is 12.7. The van der Waals surface area contributed by atoms with Crippen LogP contribution in [0, 0.1) is 0 Å². The number of anilines is 1. The van der Waals surface area contributed by atoms with Crippen molar-refractivity contribution in [2.24, 2.45) is 0 Å². The number of hydrogen-bond donors (Lipinski definition) is 1. The van der Waals surface area contributed by atoms with Gasteiger partial charge in [-0.1, -0.05) is 41.9 Å². The normalized spacial score (nSPS) is 10.5. The average molecular weight is 375 g/mol. The van der Waals surface area contributed by atoms with Gasteiger partial charge >= 0.3 is 0 Å². The van der Waals surface area contributed by atoms with Gasteiger partial charge in [-0.25, -0.2) is 4.98 Å². The molecule has 0 bridgehead atoms. The first-order valence-corrected chi connectivity index (χ1v) is 9.54. The third-order valence-electron chi connectivity index (χ3n) is 3.20. The van der Waals surface area contributed by atoms with Crippen molar-refractivity contribution >= 4 is 45.7 Å². The number of aromatic nitrogens is 1. The Bertz CT molecular complexity index is 803. The van der Waals surface area contributed by atoms with Crippen molar-refractivity contribution in [1.29, 1.82) is 0 Å². The Morgan fingerprint density at radius 1 is 1.12 bits per heavy atom. The molecule has 0 aliphatic carbocycles. The maximum atomic E-state index is 12.0. The van der Waals surface area contributed by atoms with Gasteiger partial charge in [0.1, 0.15) is 0 Å². The summed E-state index contributed by atoms with van der Waals surface area (Å²) in [6.07, 6.45) is 2.59. The summed E-state index contributed by atoms with van der Waals surface area (Å²) in [6.45, 7) is 0. The molecule has 0 saturated carbocycles. The second kappa shape index (κ2) is 8.33. The molecular weight excluding hydrogens is 360 g/mol. The second-order valence-electron chi connectivity index (χ2n) is 5.08. The predicted octanol–water partition coefficient (Wildman–Crippen LogP) is 5.12. The van der Waals surface area contributed by atoms with E-state index in [9.17, 15) is 4.79 Å². The molecule has 0 aliphatic heterocycles. The summed E-state index contributed by atoms with van der Waals surface area (Å²) in [5.74, 6) is 0.326. The van der Waals surface area contributed by atoms with E-state index in [1.165, 1.54) is 28.7 Å². The zero-order valence-corrected chi connectivity index (χ0v) is 15.1. The van der Waals surface area contributed by atoms with Crippen molar-refractivity contribution in [2.45, 2.75) is 11.3 Å². The van der Waals surface area contributed by atoms with Crippen molar-refractivity contribution < 1.29 is 4.79 Å². The van der Waals surface area contributed by atoms with E-state index in [2.05, 4.69) is 10.3 Å². The first-order chi connectivity index (χ1) is 11.7. The van der Waals surface area contributed by atoms with E-state index < -0.39 is 0 Å². The third kappa shape index (κ3) is 5.09. The van der Waals surface area contributed by atoms with Crippen LogP contribution in [0.4, 0.5) is 5.13 Å². The fourth-order valence-corrected chi connectivity index (χ4v) is 3.78. The van der Waals surface area contributed by atoms with Crippen LogP contribution in [0.3, 0.4) is 0 Å². The van der Waals surface area contributed by atoms with Crippen LogP contribution in [0.15, 0.2) is 65.7 Å². The molecule has 6 heteroatoms. The molecule has 122 valence electrons. The summed E-state index contributed by atoms with van der Waals surface area (Å²) in [4.78, 5) is 18.5. The second-order valence-corrected chi connectivity index (χ2v) is 7.69. The van der Waals surface area contributed by atoms with Crippen LogP contribution in [0.1, 0.15) is 10.4 Å². The van der Waals surface area contributed by atoms with E-state index in [4.69, 9.17) is 11.6 Å². The van der Waals surface area contributed by atoms with Gasteiger partial charge in [0.15, 0.2) is 5.13 Å². The number of nitrogens with zero attached hydrogens (tertiary/aromatic N) is 1. The third-order valence-corrected chi connectivity index (χ3v) is 5.38. The van der Waals surface area contributed by atoms with Gasteiger partial charge in [-0.15, -0.1) is 23.1 Å². The molecule has 1 N–H and O–H groups in total. The minimum atomic E-state index is -0.0451. The van der Waals surface area contributed by atoms with Crippen LogP contribution in [-0.4, -0.2) is 16.6 Å². The molecule has 24 heavy (non-hydrogen) atoms. The summed E-state index contributed by atoms with van der Waals surface area (Å²) in [5.41, 5.74) is 1.17. The van der Waals surface area contributed by atoms with Crippen LogP contribution in [0.5, 0.6) is 0 Å². The lowest BCUT2D eigenvalue weighted by molar-refractivity contribution is -0.113. The van der Waals surface area contributed by atoms with Gasteiger partial charge in [0.25, 0.3) is 0 Å². The number of amides is 1. The first-order valence-electron chi connectivity index (χ1n) is 7.36. The SMILES string of the molecule is O=C(CSc1ccccc1)Nc1ncc(Cc2ccc(Cl)cc2)s1. The lowest BCUT2D eigenvalue weighted by atomic mass is 10.1. The molecule has 1 amide bonds. The smallest absolute Gasteiger partial charge is 0.236 e. The number of thioether (sulfide) groups is 1. The van der Waals surface area contributed by atoms with Gasteiger partial charge in [0.05, 0.1) is 5.75 Å². The highest BCUT2D eigenvalue weighted by molar-refractivity contribution is 8.00. The largest absolute Gasteiger partial charge is 0.301 e. The molecular formula is C18H15ClN2OS2. The number of carbonyl (C=O) groups excluding carboxylic acids is 1. The first kappa shape index (κ1) is 17.0. The summed E-state index contributed by atoms with van der Waals surface area (Å²) in [5, 5.41) is 4.22. The summed E-state index contributed by atoms with van der Waals surface area (Å²) in [6, 6.07) is 17.6. The molecule has 0 unspecified atom stereocenters. The van der Waals surface area contributed by atoms with Crippen LogP contribution < -0.4 is 5.32 Å².